The van der Waals surface area contributed by atoms with Gasteiger partial charge in [0, 0.05) is 19.6 Å². The lowest BCUT2D eigenvalue weighted by Crippen LogP contribution is -2.30. The van der Waals surface area contributed by atoms with Crippen molar-refractivity contribution in [2.24, 2.45) is 0 Å². The zero-order valence-electron chi connectivity index (χ0n) is 11.5. The molecule has 1 aromatic heterocycles. The van der Waals surface area contributed by atoms with Crippen LogP contribution in [0.4, 0.5) is 5.69 Å². The highest BCUT2D eigenvalue weighted by Crippen LogP contribution is 2.27. The van der Waals surface area contributed by atoms with E-state index in [0.717, 1.165) is 31.5 Å². The van der Waals surface area contributed by atoms with E-state index in [4.69, 9.17) is 14.6 Å². The Morgan fingerprint density at radius 1 is 1.48 bits per heavy atom. The number of rotatable bonds is 5. The molecule has 1 N–H and O–H groups in total. The fourth-order valence-corrected chi connectivity index (χ4v) is 2.37. The number of nitrogens with zero attached hydrogens (tertiary/aromatic N) is 2. The molecule has 0 amide bonds. The van der Waals surface area contributed by atoms with Crippen LogP contribution in [0, 0.1) is 10.1 Å². The highest BCUT2D eigenvalue weighted by atomic mass is 16.6. The lowest BCUT2D eigenvalue weighted by molar-refractivity contribution is -0.385. The third-order valence-corrected chi connectivity index (χ3v) is 3.47. The van der Waals surface area contributed by atoms with Gasteiger partial charge in [-0.2, -0.15) is 0 Å². The molecule has 8 heteroatoms. The SMILES string of the molecule is COC1CCCC(Oc2ncc([N+](=O)[O-])cc2C(=O)O)C1. The highest BCUT2D eigenvalue weighted by molar-refractivity contribution is 5.90. The predicted octanol–water partition coefficient (Wildman–Crippen LogP) is 2.02. The van der Waals surface area contributed by atoms with Crippen LogP contribution in [0.2, 0.25) is 0 Å². The van der Waals surface area contributed by atoms with Crippen LogP contribution in [0.3, 0.4) is 0 Å². The molecule has 2 unspecified atom stereocenters. The van der Waals surface area contributed by atoms with E-state index in [9.17, 15) is 14.9 Å². The second-order valence-corrected chi connectivity index (χ2v) is 4.87. The van der Waals surface area contributed by atoms with Gasteiger partial charge in [0.15, 0.2) is 0 Å². The van der Waals surface area contributed by atoms with Gasteiger partial charge in [0.2, 0.25) is 5.88 Å². The molecule has 0 aromatic carbocycles. The van der Waals surface area contributed by atoms with Gasteiger partial charge in [0.25, 0.3) is 5.69 Å². The second kappa shape index (κ2) is 6.49. The van der Waals surface area contributed by atoms with Crippen LogP contribution in [0.5, 0.6) is 5.88 Å². The van der Waals surface area contributed by atoms with Crippen LogP contribution in [0.25, 0.3) is 0 Å². The van der Waals surface area contributed by atoms with Gasteiger partial charge in [0.1, 0.15) is 17.9 Å². The number of carboxylic acids is 1. The Labute approximate surface area is 120 Å². The maximum Gasteiger partial charge on any atom is 0.341 e. The van der Waals surface area contributed by atoms with Crippen molar-refractivity contribution in [1.29, 1.82) is 0 Å². The lowest BCUT2D eigenvalue weighted by atomic mass is 9.95. The molecule has 0 aliphatic heterocycles. The van der Waals surface area contributed by atoms with Crippen LogP contribution in [-0.2, 0) is 4.74 Å². The quantitative estimate of drug-likeness (QED) is 0.653. The number of aromatic nitrogens is 1. The number of carboxylic acid groups (broad SMARTS) is 1. The smallest absolute Gasteiger partial charge is 0.341 e. The molecule has 0 radical (unpaired) electrons. The minimum Gasteiger partial charge on any atom is -0.477 e. The highest BCUT2D eigenvalue weighted by Gasteiger charge is 2.26. The van der Waals surface area contributed by atoms with E-state index in [-0.39, 0.29) is 29.3 Å². The molecule has 1 aromatic rings. The Balaban J connectivity index is 2.19. The molecule has 2 rings (SSSR count). The fraction of sp³-hybridized carbons (Fsp3) is 0.538. The van der Waals surface area contributed by atoms with Gasteiger partial charge in [-0.05, 0) is 19.3 Å². The number of methoxy groups -OCH3 is 1. The summed E-state index contributed by atoms with van der Waals surface area (Å²) in [5, 5.41) is 19.8. The first kappa shape index (κ1) is 15.2. The Morgan fingerprint density at radius 2 is 2.19 bits per heavy atom. The summed E-state index contributed by atoms with van der Waals surface area (Å²) in [5.41, 5.74) is -0.679. The van der Waals surface area contributed by atoms with E-state index in [0.29, 0.717) is 6.42 Å². The number of pyridine rings is 1. The Hall–Kier alpha value is -2.22. The molecule has 0 bridgehead atoms. The lowest BCUT2D eigenvalue weighted by Gasteiger charge is -2.28. The van der Waals surface area contributed by atoms with Crippen molar-refractivity contribution < 1.29 is 24.3 Å². The minimum absolute atomic E-state index is 0.0788. The monoisotopic (exact) mass is 296 g/mol. The molecule has 8 nitrogen and oxygen atoms in total. The van der Waals surface area contributed by atoms with Crippen molar-refractivity contribution >= 4 is 11.7 Å². The molecule has 1 aliphatic rings. The van der Waals surface area contributed by atoms with E-state index in [1.807, 2.05) is 0 Å². The van der Waals surface area contributed by atoms with E-state index >= 15 is 0 Å². The van der Waals surface area contributed by atoms with E-state index < -0.39 is 10.9 Å². The molecule has 114 valence electrons. The summed E-state index contributed by atoms with van der Waals surface area (Å²) >= 11 is 0. The number of carbonyl (C=O) groups is 1. The first-order valence-electron chi connectivity index (χ1n) is 6.58. The van der Waals surface area contributed by atoms with Crippen LogP contribution in [-0.4, -0.2) is 40.3 Å². The van der Waals surface area contributed by atoms with Crippen molar-refractivity contribution in [2.45, 2.75) is 37.9 Å². The summed E-state index contributed by atoms with van der Waals surface area (Å²) < 4.78 is 10.9. The third-order valence-electron chi connectivity index (χ3n) is 3.47. The first-order chi connectivity index (χ1) is 10.0. The topological polar surface area (TPSA) is 112 Å². The van der Waals surface area contributed by atoms with Crippen LogP contribution in [0.1, 0.15) is 36.0 Å². The number of hydrogen-bond donors (Lipinski definition) is 1. The number of nitro groups is 1. The zero-order chi connectivity index (χ0) is 15.4. The van der Waals surface area contributed by atoms with Gasteiger partial charge in [0.05, 0.1) is 11.0 Å². The fourth-order valence-electron chi connectivity index (χ4n) is 2.37. The normalized spacial score (nSPS) is 21.8. The Kier molecular flexibility index (Phi) is 4.69. The molecule has 21 heavy (non-hydrogen) atoms. The van der Waals surface area contributed by atoms with Crippen molar-refractivity contribution in [2.75, 3.05) is 7.11 Å². The average molecular weight is 296 g/mol. The molecule has 0 saturated heterocycles. The minimum atomic E-state index is -1.31. The molecular weight excluding hydrogens is 280 g/mol. The molecule has 1 saturated carbocycles. The Bertz CT molecular complexity index is 547. The van der Waals surface area contributed by atoms with Crippen LogP contribution < -0.4 is 4.74 Å². The third kappa shape index (κ3) is 3.66. The van der Waals surface area contributed by atoms with E-state index in [1.54, 1.807) is 7.11 Å². The Morgan fingerprint density at radius 3 is 2.81 bits per heavy atom. The maximum atomic E-state index is 11.2. The van der Waals surface area contributed by atoms with Crippen molar-refractivity contribution in [1.82, 2.24) is 4.98 Å². The summed E-state index contributed by atoms with van der Waals surface area (Å²) in [7, 11) is 1.62. The molecule has 1 fully saturated rings. The predicted molar refractivity (Wildman–Crippen MR) is 71.5 cm³/mol. The summed E-state index contributed by atoms with van der Waals surface area (Å²) in [4.78, 5) is 25.0. The molecule has 2 atom stereocenters. The maximum absolute atomic E-state index is 11.2. The number of ether oxygens (including phenoxy) is 2. The summed E-state index contributed by atoms with van der Waals surface area (Å²) in [6.45, 7) is 0. The van der Waals surface area contributed by atoms with E-state index in [1.165, 1.54) is 0 Å². The average Bonchev–Trinajstić information content (AvgIpc) is 2.47. The molecule has 1 heterocycles. The molecular formula is C13H16N2O6. The van der Waals surface area contributed by atoms with Crippen LogP contribution in [0.15, 0.2) is 12.3 Å². The molecule has 0 spiro atoms. The van der Waals surface area contributed by atoms with Gasteiger partial charge in [-0.3, -0.25) is 10.1 Å². The summed E-state index contributed by atoms with van der Waals surface area (Å²) in [6.07, 6.45) is 4.16. The van der Waals surface area contributed by atoms with Crippen LogP contribution >= 0.6 is 0 Å². The van der Waals surface area contributed by atoms with E-state index in [2.05, 4.69) is 4.98 Å². The number of hydrogen-bond acceptors (Lipinski definition) is 6. The summed E-state index contributed by atoms with van der Waals surface area (Å²) in [5.74, 6) is -1.39. The summed E-state index contributed by atoms with van der Waals surface area (Å²) in [6, 6.07) is 0.960. The van der Waals surface area contributed by atoms with Gasteiger partial charge < -0.3 is 14.6 Å². The standard InChI is InChI=1S/C13H16N2O6/c1-20-9-3-2-4-10(6-9)21-12-11(13(16)17)5-8(7-14-12)15(18)19/h5,7,9-10H,2-4,6H2,1H3,(H,16,17). The van der Waals surface area contributed by atoms with Gasteiger partial charge in [-0.25, -0.2) is 9.78 Å². The molecule has 1 aliphatic carbocycles. The first-order valence-corrected chi connectivity index (χ1v) is 6.58. The van der Waals surface area contributed by atoms with Gasteiger partial charge >= 0.3 is 5.97 Å². The zero-order valence-corrected chi connectivity index (χ0v) is 11.5. The number of aromatic carboxylic acids is 1. The van der Waals surface area contributed by atoms with Gasteiger partial charge in [-0.15, -0.1) is 0 Å². The van der Waals surface area contributed by atoms with Gasteiger partial charge in [-0.1, -0.05) is 0 Å². The van der Waals surface area contributed by atoms with Crippen molar-refractivity contribution in [3.63, 3.8) is 0 Å². The van der Waals surface area contributed by atoms with Crippen molar-refractivity contribution in [3.05, 3.63) is 27.9 Å². The largest absolute Gasteiger partial charge is 0.477 e. The second-order valence-electron chi connectivity index (χ2n) is 4.87. The van der Waals surface area contributed by atoms with Crippen molar-refractivity contribution in [3.8, 4) is 5.88 Å².